The van der Waals surface area contributed by atoms with E-state index in [9.17, 15) is 34.8 Å². The van der Waals surface area contributed by atoms with E-state index in [2.05, 4.69) is 6.93 Å². The molecule has 27 heavy (non-hydrogen) atoms. The van der Waals surface area contributed by atoms with E-state index in [1.54, 1.807) is 5.25 Å². The zero-order chi connectivity index (χ0) is 20.3. The van der Waals surface area contributed by atoms with Crippen molar-refractivity contribution in [1.29, 1.82) is 0 Å². The fourth-order valence-corrected chi connectivity index (χ4v) is 8.17. The van der Waals surface area contributed by atoms with Gasteiger partial charge in [-0.05, 0) is 0 Å². The molecule has 1 aromatic carbocycles. The number of benzene rings is 1. The number of furan rings is 1. The van der Waals surface area contributed by atoms with Gasteiger partial charge in [-0.3, -0.25) is 0 Å². The zero-order valence-electron chi connectivity index (χ0n) is 12.8. The molecule has 0 unspecified atom stereocenters. The van der Waals surface area contributed by atoms with Crippen LogP contribution in [0, 0.1) is 12.7 Å². The van der Waals surface area contributed by atoms with Crippen molar-refractivity contribution < 1.29 is 41.7 Å². The molecule has 0 aliphatic carbocycles. The topological polar surface area (TPSA) is 108 Å². The molecule has 1 aromatic heterocycles. The number of halogens is 4. The first-order chi connectivity index (χ1) is 12.4. The Kier molecular flexibility index (Phi) is 6.35. The number of carbonyl (C=O) groups excluding carboxylic acids is 1. The molecular weight excluding hydrogens is 528 g/mol. The van der Waals surface area contributed by atoms with Crippen LogP contribution in [0.4, 0.5) is 13.2 Å². The molecule has 0 radical (unpaired) electrons. The van der Waals surface area contributed by atoms with Crippen molar-refractivity contribution in [2.24, 2.45) is 0 Å². The first kappa shape index (κ1) is 21.4. The summed E-state index contributed by atoms with van der Waals surface area (Å²) in [5.41, 5.74) is -5.71. The van der Waals surface area contributed by atoms with Crippen LogP contribution in [0.15, 0.2) is 53.1 Å². The molecule has 7 nitrogen and oxygen atoms in total. The second-order valence-electron chi connectivity index (χ2n) is 4.47. The van der Waals surface area contributed by atoms with E-state index < -0.39 is 56.6 Å². The second-order valence-corrected chi connectivity index (χ2v) is 11.8. The fourth-order valence-electron chi connectivity index (χ4n) is 1.41. The van der Waals surface area contributed by atoms with Crippen molar-refractivity contribution in [2.75, 3.05) is 0 Å². The molecule has 1 heterocycles. The number of sulfone groups is 1. The molecule has 146 valence electrons. The SMILES string of the molecule is O=C(c1ccco1)S(=O)(=O)C#CI(OS(=O)(=O)C(F)(F)F)c1ccccc1. The average molecular weight is 536 g/mol. The molecule has 2 rings (SSSR count). The molecule has 0 bridgehead atoms. The molecule has 0 aliphatic rings. The van der Waals surface area contributed by atoms with Gasteiger partial charge < -0.3 is 0 Å². The summed E-state index contributed by atoms with van der Waals surface area (Å²) in [6, 6.07) is 9.05. The van der Waals surface area contributed by atoms with Gasteiger partial charge in [0.25, 0.3) is 0 Å². The molecular formula is C14H8F3IO7S2. The molecule has 0 aliphatic heterocycles. The van der Waals surface area contributed by atoms with Gasteiger partial charge in [0, 0.05) is 0 Å². The summed E-state index contributed by atoms with van der Waals surface area (Å²) in [7, 11) is -10.8. The van der Waals surface area contributed by atoms with Crippen LogP contribution in [0.2, 0.25) is 0 Å². The minimum atomic E-state index is -6.01. The standard InChI is InChI=1S/C14H8F3IO7S2/c15-14(16,17)27(22,23)25-18(11-5-2-1-3-6-11)8-10-26(20,21)13(19)12-7-4-9-24-12/h1-7,9H. The molecule has 0 saturated heterocycles. The Balaban J connectivity index is 2.42. The summed E-state index contributed by atoms with van der Waals surface area (Å²) in [4.78, 5) is 11.8. The van der Waals surface area contributed by atoms with Gasteiger partial charge in [-0.25, -0.2) is 0 Å². The van der Waals surface area contributed by atoms with Gasteiger partial charge in [0.15, 0.2) is 0 Å². The molecule has 0 saturated carbocycles. The van der Waals surface area contributed by atoms with Crippen LogP contribution < -0.4 is 0 Å². The molecule has 0 spiro atoms. The van der Waals surface area contributed by atoms with Crippen LogP contribution in [-0.4, -0.2) is 27.5 Å². The van der Waals surface area contributed by atoms with Gasteiger partial charge >= 0.3 is 160 Å². The Labute approximate surface area is 159 Å². The molecule has 2 aromatic rings. The summed E-state index contributed by atoms with van der Waals surface area (Å²) in [6.45, 7) is 0. The van der Waals surface area contributed by atoms with Crippen LogP contribution in [0.5, 0.6) is 0 Å². The molecule has 0 N–H and O–H groups in total. The Morgan fingerprint density at radius 3 is 2.19 bits per heavy atom. The zero-order valence-corrected chi connectivity index (χ0v) is 16.6. The molecule has 0 amide bonds. The Morgan fingerprint density at radius 2 is 1.67 bits per heavy atom. The Hall–Kier alpha value is -1.89. The summed E-state index contributed by atoms with van der Waals surface area (Å²) in [5.74, 6) is -0.548. The van der Waals surface area contributed by atoms with Gasteiger partial charge in [-0.1, -0.05) is 0 Å². The first-order valence-electron chi connectivity index (χ1n) is 6.55. The molecule has 0 atom stereocenters. The first-order valence-corrected chi connectivity index (χ1v) is 12.5. The van der Waals surface area contributed by atoms with E-state index in [-0.39, 0.29) is 3.57 Å². The van der Waals surface area contributed by atoms with Crippen LogP contribution in [0.25, 0.3) is 0 Å². The third-order valence-corrected chi connectivity index (χ3v) is 9.98. The van der Waals surface area contributed by atoms with Crippen molar-refractivity contribution in [1.82, 2.24) is 0 Å². The maximum absolute atomic E-state index is 12.6. The van der Waals surface area contributed by atoms with Crippen molar-refractivity contribution in [3.63, 3.8) is 0 Å². The predicted octanol–water partition coefficient (Wildman–Crippen LogP) is 2.91. The summed E-state index contributed by atoms with van der Waals surface area (Å²) < 4.78 is 94.9. The van der Waals surface area contributed by atoms with Crippen molar-refractivity contribution >= 4 is 45.3 Å². The average Bonchev–Trinajstić information content (AvgIpc) is 3.12. The number of rotatable bonds is 4. The fraction of sp³-hybridized carbons (Fsp3) is 0.0714. The van der Waals surface area contributed by atoms with E-state index in [4.69, 9.17) is 0 Å². The van der Waals surface area contributed by atoms with Crippen molar-refractivity contribution in [3.8, 4) is 9.18 Å². The number of hydrogen-bond acceptors (Lipinski definition) is 7. The van der Waals surface area contributed by atoms with Gasteiger partial charge in [0.1, 0.15) is 0 Å². The second kappa shape index (κ2) is 8.00. The summed E-state index contributed by atoms with van der Waals surface area (Å²) in [5, 5.41) is 0.0337. The van der Waals surface area contributed by atoms with Crippen LogP contribution in [0.1, 0.15) is 10.6 Å². The summed E-state index contributed by atoms with van der Waals surface area (Å²) in [6.07, 6.45) is 1.04. The Morgan fingerprint density at radius 1 is 1.04 bits per heavy atom. The number of hydrogen-bond donors (Lipinski definition) is 0. The predicted molar refractivity (Wildman–Crippen MR) is 95.0 cm³/mol. The maximum atomic E-state index is 12.6. The Bertz CT molecular complexity index is 1080. The third kappa shape index (κ3) is 5.31. The van der Waals surface area contributed by atoms with Gasteiger partial charge in [0.05, 0.1) is 0 Å². The van der Waals surface area contributed by atoms with E-state index in [0.29, 0.717) is 0 Å². The summed E-state index contributed by atoms with van der Waals surface area (Å²) >= 11 is -3.98. The molecule has 13 heteroatoms. The normalized spacial score (nSPS) is 12.8. The van der Waals surface area contributed by atoms with E-state index >= 15 is 0 Å². The van der Waals surface area contributed by atoms with E-state index in [1.165, 1.54) is 36.4 Å². The number of alkyl halides is 3. The van der Waals surface area contributed by atoms with Crippen LogP contribution in [-0.2, 0) is 22.5 Å². The van der Waals surface area contributed by atoms with Gasteiger partial charge in [-0.2, -0.15) is 0 Å². The third-order valence-electron chi connectivity index (χ3n) is 2.59. The quantitative estimate of drug-likeness (QED) is 0.336. The molecule has 0 fully saturated rings. The monoisotopic (exact) mass is 536 g/mol. The van der Waals surface area contributed by atoms with Crippen LogP contribution >= 0.6 is 20.2 Å². The van der Waals surface area contributed by atoms with E-state index in [1.807, 2.05) is 3.93 Å². The van der Waals surface area contributed by atoms with Crippen LogP contribution in [0.3, 0.4) is 0 Å². The van der Waals surface area contributed by atoms with E-state index in [0.717, 1.165) is 12.3 Å². The minimum absolute atomic E-state index is 0.0114. The number of carbonyl (C=O) groups is 1. The van der Waals surface area contributed by atoms with Crippen molar-refractivity contribution in [3.05, 3.63) is 58.1 Å². The van der Waals surface area contributed by atoms with Crippen molar-refractivity contribution in [2.45, 2.75) is 5.51 Å². The van der Waals surface area contributed by atoms with Gasteiger partial charge in [0.2, 0.25) is 0 Å². The van der Waals surface area contributed by atoms with Gasteiger partial charge in [-0.15, -0.1) is 0 Å².